The Hall–Kier alpha value is -2.05. The maximum absolute atomic E-state index is 13.1. The van der Waals surface area contributed by atoms with E-state index in [0.29, 0.717) is 30.3 Å². The van der Waals surface area contributed by atoms with E-state index in [2.05, 4.69) is 21.2 Å². The highest BCUT2D eigenvalue weighted by Gasteiger charge is 2.29. The van der Waals surface area contributed by atoms with E-state index in [4.69, 9.17) is 16.3 Å². The van der Waals surface area contributed by atoms with Gasteiger partial charge in [-0.25, -0.2) is 0 Å². The molecular formula is C22H26BrClN2O3. The lowest BCUT2D eigenvalue weighted by Gasteiger charge is -2.31. The number of nitrogens with zero attached hydrogens (tertiary/aromatic N) is 1. The Bertz CT molecular complexity index is 860. The van der Waals surface area contributed by atoms with Gasteiger partial charge in [0.2, 0.25) is 5.91 Å². The maximum atomic E-state index is 13.1. The van der Waals surface area contributed by atoms with Crippen molar-refractivity contribution in [1.82, 2.24) is 10.2 Å². The Morgan fingerprint density at radius 3 is 2.55 bits per heavy atom. The van der Waals surface area contributed by atoms with Crippen LogP contribution < -0.4 is 10.1 Å². The van der Waals surface area contributed by atoms with E-state index in [0.717, 1.165) is 15.6 Å². The van der Waals surface area contributed by atoms with Crippen LogP contribution in [-0.4, -0.2) is 35.9 Å². The minimum absolute atomic E-state index is 0.168. The number of ether oxygens (including phenoxy) is 1. The average molecular weight is 482 g/mol. The minimum atomic E-state index is -0.578. The van der Waals surface area contributed by atoms with E-state index in [1.54, 1.807) is 23.1 Å². The summed E-state index contributed by atoms with van der Waals surface area (Å²) in [6.45, 7) is 6.37. The highest BCUT2D eigenvalue weighted by Crippen LogP contribution is 2.28. The van der Waals surface area contributed by atoms with Gasteiger partial charge in [0.15, 0.2) is 6.61 Å². The van der Waals surface area contributed by atoms with E-state index >= 15 is 0 Å². The van der Waals surface area contributed by atoms with E-state index < -0.39 is 6.04 Å². The van der Waals surface area contributed by atoms with Crippen LogP contribution in [0.15, 0.2) is 46.9 Å². The predicted octanol–water partition coefficient (Wildman–Crippen LogP) is 4.73. The molecule has 2 aromatic rings. The second-order valence-corrected chi connectivity index (χ2v) is 7.95. The number of carbonyl (C=O) groups excluding carboxylic acids is 2. The normalized spacial score (nSPS) is 11.6. The summed E-state index contributed by atoms with van der Waals surface area (Å²) in [5.41, 5.74) is 2.05. The fourth-order valence-corrected chi connectivity index (χ4v) is 3.73. The lowest BCUT2D eigenvalue weighted by atomic mass is 10.1. The highest BCUT2D eigenvalue weighted by molar-refractivity contribution is 9.10. The standard InChI is InChI=1S/C22H26BrClN2O3/c1-4-19(22(28)25-5-2)26(13-16-9-7-6-8-15(16)3)21(27)14-29-20-11-10-17(23)12-18(20)24/h6-12,19H,4-5,13-14H2,1-3H3,(H,25,28)/t19-/m0/s1. The highest BCUT2D eigenvalue weighted by atomic mass is 79.9. The molecule has 5 nitrogen and oxygen atoms in total. The summed E-state index contributed by atoms with van der Waals surface area (Å²) in [6, 6.07) is 12.4. The van der Waals surface area contributed by atoms with Crippen LogP contribution in [0.5, 0.6) is 5.75 Å². The topological polar surface area (TPSA) is 58.6 Å². The number of hydrogen-bond donors (Lipinski definition) is 1. The van der Waals surface area contributed by atoms with Crippen LogP contribution in [0.25, 0.3) is 0 Å². The number of nitrogens with one attached hydrogen (secondary N) is 1. The number of hydrogen-bond acceptors (Lipinski definition) is 3. The molecule has 0 aliphatic heterocycles. The number of benzene rings is 2. The summed E-state index contributed by atoms with van der Waals surface area (Å²) < 4.78 is 6.48. The second-order valence-electron chi connectivity index (χ2n) is 6.63. The van der Waals surface area contributed by atoms with Crippen molar-refractivity contribution in [3.05, 3.63) is 63.1 Å². The van der Waals surface area contributed by atoms with Gasteiger partial charge in [-0.05, 0) is 49.6 Å². The fourth-order valence-electron chi connectivity index (χ4n) is 3.00. The van der Waals surface area contributed by atoms with Crippen LogP contribution in [0.4, 0.5) is 0 Å². The smallest absolute Gasteiger partial charge is 0.261 e. The van der Waals surface area contributed by atoms with Crippen LogP contribution in [0.3, 0.4) is 0 Å². The number of carbonyl (C=O) groups is 2. The monoisotopic (exact) mass is 480 g/mol. The second kappa shape index (κ2) is 11.2. The van der Waals surface area contributed by atoms with Crippen molar-refractivity contribution in [1.29, 1.82) is 0 Å². The zero-order valence-electron chi connectivity index (χ0n) is 16.9. The van der Waals surface area contributed by atoms with Crippen molar-refractivity contribution < 1.29 is 14.3 Å². The van der Waals surface area contributed by atoms with Gasteiger partial charge < -0.3 is 15.0 Å². The number of amides is 2. The summed E-state index contributed by atoms with van der Waals surface area (Å²) in [4.78, 5) is 27.3. The van der Waals surface area contributed by atoms with E-state index in [-0.39, 0.29) is 18.4 Å². The zero-order valence-corrected chi connectivity index (χ0v) is 19.2. The molecule has 29 heavy (non-hydrogen) atoms. The molecule has 1 atom stereocenters. The van der Waals surface area contributed by atoms with E-state index in [1.165, 1.54) is 0 Å². The molecule has 0 aromatic heterocycles. The first-order chi connectivity index (χ1) is 13.9. The third-order valence-corrected chi connectivity index (χ3v) is 5.37. The van der Waals surface area contributed by atoms with Crippen molar-refractivity contribution in [3.8, 4) is 5.75 Å². The molecule has 0 saturated heterocycles. The third kappa shape index (κ3) is 6.47. The van der Waals surface area contributed by atoms with Crippen molar-refractivity contribution in [2.75, 3.05) is 13.2 Å². The van der Waals surface area contributed by atoms with Crippen molar-refractivity contribution in [2.45, 2.75) is 39.8 Å². The largest absolute Gasteiger partial charge is 0.482 e. The van der Waals surface area contributed by atoms with Crippen LogP contribution in [0.2, 0.25) is 5.02 Å². The zero-order chi connectivity index (χ0) is 21.4. The van der Waals surface area contributed by atoms with Crippen LogP contribution in [-0.2, 0) is 16.1 Å². The van der Waals surface area contributed by atoms with Crippen LogP contribution >= 0.6 is 27.5 Å². The van der Waals surface area contributed by atoms with Gasteiger partial charge >= 0.3 is 0 Å². The molecule has 2 rings (SSSR count). The van der Waals surface area contributed by atoms with Crippen molar-refractivity contribution in [3.63, 3.8) is 0 Å². The van der Waals surface area contributed by atoms with Crippen molar-refractivity contribution >= 4 is 39.3 Å². The summed E-state index contributed by atoms with van der Waals surface area (Å²) in [7, 11) is 0. The van der Waals surface area contributed by atoms with Gasteiger partial charge in [-0.3, -0.25) is 9.59 Å². The molecule has 0 aliphatic carbocycles. The minimum Gasteiger partial charge on any atom is -0.482 e. The number of rotatable bonds is 9. The lowest BCUT2D eigenvalue weighted by Crippen LogP contribution is -2.50. The Labute approximate surface area is 185 Å². The molecule has 0 radical (unpaired) electrons. The van der Waals surface area contributed by atoms with Crippen molar-refractivity contribution in [2.24, 2.45) is 0 Å². The van der Waals surface area contributed by atoms with Gasteiger partial charge in [-0.2, -0.15) is 0 Å². The average Bonchev–Trinajstić information content (AvgIpc) is 2.68. The van der Waals surface area contributed by atoms with Gasteiger partial charge in [-0.15, -0.1) is 0 Å². The first-order valence-electron chi connectivity index (χ1n) is 9.56. The molecule has 156 valence electrons. The molecule has 0 unspecified atom stereocenters. The Morgan fingerprint density at radius 1 is 1.21 bits per heavy atom. The fraction of sp³-hybridized carbons (Fsp3) is 0.364. The lowest BCUT2D eigenvalue weighted by molar-refractivity contribution is -0.142. The first kappa shape index (κ1) is 23.2. The predicted molar refractivity (Wildman–Crippen MR) is 119 cm³/mol. The Balaban J connectivity index is 2.23. The van der Waals surface area contributed by atoms with E-state index in [9.17, 15) is 9.59 Å². The molecule has 2 amide bonds. The number of likely N-dealkylation sites (N-methyl/N-ethyl adjacent to an activating group) is 1. The molecule has 0 aliphatic rings. The summed E-state index contributed by atoms with van der Waals surface area (Å²) in [5, 5.41) is 3.23. The van der Waals surface area contributed by atoms with Crippen LogP contribution in [0.1, 0.15) is 31.4 Å². The Morgan fingerprint density at radius 2 is 1.93 bits per heavy atom. The summed E-state index contributed by atoms with van der Waals surface area (Å²) in [5.74, 6) is -0.0194. The summed E-state index contributed by atoms with van der Waals surface area (Å²) >= 11 is 9.52. The molecule has 0 fully saturated rings. The van der Waals surface area contributed by atoms with Gasteiger partial charge in [-0.1, -0.05) is 58.7 Å². The van der Waals surface area contributed by atoms with E-state index in [1.807, 2.05) is 45.0 Å². The molecule has 0 spiro atoms. The Kier molecular flexibility index (Phi) is 8.99. The molecular weight excluding hydrogens is 456 g/mol. The maximum Gasteiger partial charge on any atom is 0.261 e. The molecule has 2 aromatic carbocycles. The van der Waals surface area contributed by atoms with Gasteiger partial charge in [0.1, 0.15) is 11.8 Å². The molecule has 1 N–H and O–H groups in total. The molecule has 0 bridgehead atoms. The molecule has 0 heterocycles. The quantitative estimate of drug-likeness (QED) is 0.563. The van der Waals surface area contributed by atoms with Crippen LogP contribution in [0, 0.1) is 6.92 Å². The molecule has 0 saturated carbocycles. The molecule has 7 heteroatoms. The van der Waals surface area contributed by atoms with Gasteiger partial charge in [0.05, 0.1) is 5.02 Å². The number of halogens is 2. The van der Waals surface area contributed by atoms with Gasteiger partial charge in [0.25, 0.3) is 5.91 Å². The number of aryl methyl sites for hydroxylation is 1. The van der Waals surface area contributed by atoms with Gasteiger partial charge in [0, 0.05) is 17.6 Å². The SMILES string of the molecule is CCNC(=O)[C@H](CC)N(Cc1ccccc1C)C(=O)COc1ccc(Br)cc1Cl. The third-order valence-electron chi connectivity index (χ3n) is 4.58. The first-order valence-corrected chi connectivity index (χ1v) is 10.7. The summed E-state index contributed by atoms with van der Waals surface area (Å²) in [6.07, 6.45) is 0.502.